The van der Waals surface area contributed by atoms with E-state index in [0.717, 1.165) is 21.3 Å². The first-order valence-electron chi connectivity index (χ1n) is 9.77. The number of oxazole rings is 1. The van der Waals surface area contributed by atoms with Crippen LogP contribution >= 0.6 is 23.5 Å². The van der Waals surface area contributed by atoms with E-state index in [9.17, 15) is 13.2 Å². The number of thioether (sulfide) groups is 2. The van der Waals surface area contributed by atoms with Crippen molar-refractivity contribution < 1.29 is 17.6 Å². The first-order chi connectivity index (χ1) is 14.8. The maximum atomic E-state index is 13.0. The summed E-state index contributed by atoms with van der Waals surface area (Å²) < 4.78 is 31.5. The van der Waals surface area contributed by atoms with Gasteiger partial charge in [0.15, 0.2) is 5.58 Å². The minimum Gasteiger partial charge on any atom is -0.431 e. The van der Waals surface area contributed by atoms with Gasteiger partial charge in [0.1, 0.15) is 5.52 Å². The molecule has 0 bridgehead atoms. The number of carbonyl (C=O) groups excluding carboxylic acids is 1. The maximum Gasteiger partial charge on any atom is 0.257 e. The SMILES string of the molecule is CC1CCN(C(=O)CSc2nc3cc(S(=O)(=O)N(C)C)ccc3o2)c2ccccc2S1. The molecule has 0 radical (unpaired) electrons. The van der Waals surface area contributed by atoms with Gasteiger partial charge in [0.2, 0.25) is 15.9 Å². The minimum absolute atomic E-state index is 0.00900. The average Bonchev–Trinajstić information content (AvgIpc) is 3.07. The van der Waals surface area contributed by atoms with Gasteiger partial charge in [0.05, 0.1) is 16.3 Å². The first kappa shape index (κ1) is 22.2. The van der Waals surface area contributed by atoms with Gasteiger partial charge in [-0.2, -0.15) is 0 Å². The molecule has 4 rings (SSSR count). The molecule has 10 heteroatoms. The summed E-state index contributed by atoms with van der Waals surface area (Å²) in [6.07, 6.45) is 0.918. The van der Waals surface area contributed by atoms with E-state index in [1.807, 2.05) is 23.1 Å². The van der Waals surface area contributed by atoms with E-state index in [1.54, 1.807) is 17.8 Å². The topological polar surface area (TPSA) is 83.7 Å². The fraction of sp³-hybridized carbons (Fsp3) is 0.333. The number of hydrogen-bond acceptors (Lipinski definition) is 7. The van der Waals surface area contributed by atoms with Crippen molar-refractivity contribution in [3.8, 4) is 0 Å². The molecule has 2 heterocycles. The molecule has 0 saturated carbocycles. The van der Waals surface area contributed by atoms with E-state index < -0.39 is 10.0 Å². The molecule has 1 aliphatic heterocycles. The van der Waals surface area contributed by atoms with Crippen LogP contribution in [-0.4, -0.2) is 55.3 Å². The lowest BCUT2D eigenvalue weighted by Crippen LogP contribution is -2.33. The zero-order chi connectivity index (χ0) is 22.2. The fourth-order valence-corrected chi connectivity index (χ4v) is 6.02. The molecule has 0 spiro atoms. The van der Waals surface area contributed by atoms with Crippen molar-refractivity contribution in [3.63, 3.8) is 0 Å². The highest BCUT2D eigenvalue weighted by atomic mass is 32.2. The lowest BCUT2D eigenvalue weighted by Gasteiger charge is -2.22. The standard InChI is InChI=1S/C21H23N3O4S3/c1-14-10-11-24(17-6-4-5-7-19(17)30-14)20(25)13-29-21-22-16-12-15(8-9-18(16)28-21)31(26,27)23(2)3/h4-9,12,14H,10-11,13H2,1-3H3. The Bertz CT molecular complexity index is 1220. The second-order valence-electron chi connectivity index (χ2n) is 7.42. The summed E-state index contributed by atoms with van der Waals surface area (Å²) in [5.74, 6) is 0.175. The van der Waals surface area contributed by atoms with E-state index in [4.69, 9.17) is 4.42 Å². The molecule has 0 aliphatic carbocycles. The number of fused-ring (bicyclic) bond motifs is 2. The molecule has 1 unspecified atom stereocenters. The van der Waals surface area contributed by atoms with Gasteiger partial charge in [-0.1, -0.05) is 30.8 Å². The molecule has 1 aliphatic rings. The Hall–Kier alpha value is -2.01. The summed E-state index contributed by atoms with van der Waals surface area (Å²) in [5.41, 5.74) is 1.87. The number of aromatic nitrogens is 1. The van der Waals surface area contributed by atoms with Crippen molar-refractivity contribution >= 4 is 56.2 Å². The Balaban J connectivity index is 1.51. The van der Waals surface area contributed by atoms with Crippen molar-refractivity contribution in [1.29, 1.82) is 0 Å². The summed E-state index contributed by atoms with van der Waals surface area (Å²) in [6.45, 7) is 2.84. The molecule has 0 fully saturated rings. The zero-order valence-corrected chi connectivity index (χ0v) is 19.9. The van der Waals surface area contributed by atoms with Gasteiger partial charge >= 0.3 is 0 Å². The highest BCUT2D eigenvalue weighted by Crippen LogP contribution is 2.37. The fourth-order valence-electron chi connectivity index (χ4n) is 3.27. The highest BCUT2D eigenvalue weighted by molar-refractivity contribution is 8.00. The number of para-hydroxylation sites is 1. The van der Waals surface area contributed by atoms with Crippen LogP contribution in [0.25, 0.3) is 11.1 Å². The van der Waals surface area contributed by atoms with Crippen LogP contribution in [0.15, 0.2) is 61.9 Å². The van der Waals surface area contributed by atoms with Gasteiger partial charge < -0.3 is 9.32 Å². The number of anilines is 1. The van der Waals surface area contributed by atoms with E-state index in [2.05, 4.69) is 18.0 Å². The van der Waals surface area contributed by atoms with E-state index >= 15 is 0 Å². The molecule has 0 N–H and O–H groups in total. The number of rotatable bonds is 5. The number of sulfonamides is 1. The average molecular weight is 478 g/mol. The predicted octanol–water partition coefficient (Wildman–Crippen LogP) is 4.09. The van der Waals surface area contributed by atoms with Gasteiger partial charge in [-0.3, -0.25) is 4.79 Å². The van der Waals surface area contributed by atoms with Crippen LogP contribution in [0.4, 0.5) is 5.69 Å². The molecule has 1 atom stereocenters. The Morgan fingerprint density at radius 2 is 2.06 bits per heavy atom. The minimum atomic E-state index is -3.55. The first-order valence-corrected chi connectivity index (χ1v) is 13.1. The van der Waals surface area contributed by atoms with Gasteiger partial charge in [-0.15, -0.1) is 11.8 Å². The second kappa shape index (κ2) is 8.85. The summed E-state index contributed by atoms with van der Waals surface area (Å²) in [4.78, 5) is 20.5. The molecule has 31 heavy (non-hydrogen) atoms. The van der Waals surface area contributed by atoms with Crippen LogP contribution in [0.1, 0.15) is 13.3 Å². The Morgan fingerprint density at radius 3 is 2.84 bits per heavy atom. The zero-order valence-electron chi connectivity index (χ0n) is 17.4. The molecule has 1 amide bonds. The maximum absolute atomic E-state index is 13.0. The lowest BCUT2D eigenvalue weighted by atomic mass is 10.2. The number of hydrogen-bond donors (Lipinski definition) is 0. The number of nitrogens with zero attached hydrogens (tertiary/aromatic N) is 3. The lowest BCUT2D eigenvalue weighted by molar-refractivity contribution is -0.116. The van der Waals surface area contributed by atoms with Crippen molar-refractivity contribution in [3.05, 3.63) is 42.5 Å². The van der Waals surface area contributed by atoms with Crippen molar-refractivity contribution in [2.24, 2.45) is 0 Å². The molecule has 164 valence electrons. The van der Waals surface area contributed by atoms with Gasteiger partial charge in [-0.25, -0.2) is 17.7 Å². The normalized spacial score (nSPS) is 17.0. The van der Waals surface area contributed by atoms with Crippen LogP contribution in [0.2, 0.25) is 0 Å². The van der Waals surface area contributed by atoms with Gasteiger partial charge in [-0.05, 0) is 36.8 Å². The van der Waals surface area contributed by atoms with Crippen molar-refractivity contribution in [2.75, 3.05) is 31.3 Å². The summed E-state index contributed by atoms with van der Waals surface area (Å²) in [6, 6.07) is 12.5. The third-order valence-electron chi connectivity index (χ3n) is 4.98. The van der Waals surface area contributed by atoms with Crippen LogP contribution in [-0.2, 0) is 14.8 Å². The third kappa shape index (κ3) is 4.62. The van der Waals surface area contributed by atoms with Gasteiger partial charge in [0, 0.05) is 30.8 Å². The highest BCUT2D eigenvalue weighted by Gasteiger charge is 2.25. The quantitative estimate of drug-likeness (QED) is 0.512. The number of amides is 1. The molecule has 0 saturated heterocycles. The summed E-state index contributed by atoms with van der Waals surface area (Å²) in [7, 11) is -0.590. The summed E-state index contributed by atoms with van der Waals surface area (Å²) >= 11 is 3.01. The third-order valence-corrected chi connectivity index (χ3v) is 8.84. The summed E-state index contributed by atoms with van der Waals surface area (Å²) in [5, 5.41) is 0.782. The molecular formula is C21H23N3O4S3. The Labute approximate surface area is 190 Å². The molecule has 2 aromatic carbocycles. The monoisotopic (exact) mass is 477 g/mol. The number of carbonyl (C=O) groups is 1. The van der Waals surface area contributed by atoms with Crippen LogP contribution in [0.5, 0.6) is 0 Å². The van der Waals surface area contributed by atoms with E-state index in [0.29, 0.717) is 28.1 Å². The Kier molecular flexibility index (Phi) is 6.34. The van der Waals surface area contributed by atoms with Crippen LogP contribution < -0.4 is 4.90 Å². The predicted molar refractivity (Wildman–Crippen MR) is 124 cm³/mol. The van der Waals surface area contributed by atoms with E-state index in [1.165, 1.54) is 38.0 Å². The number of benzene rings is 2. The van der Waals surface area contributed by atoms with Crippen LogP contribution in [0, 0.1) is 0 Å². The van der Waals surface area contributed by atoms with Crippen molar-refractivity contribution in [1.82, 2.24) is 9.29 Å². The smallest absolute Gasteiger partial charge is 0.257 e. The molecule has 1 aromatic heterocycles. The largest absolute Gasteiger partial charge is 0.431 e. The van der Waals surface area contributed by atoms with E-state index in [-0.39, 0.29) is 16.6 Å². The second-order valence-corrected chi connectivity index (χ2v) is 12.0. The molecule has 3 aromatic rings. The van der Waals surface area contributed by atoms with Gasteiger partial charge in [0.25, 0.3) is 5.22 Å². The molecular weight excluding hydrogens is 454 g/mol. The van der Waals surface area contributed by atoms with Crippen LogP contribution in [0.3, 0.4) is 0 Å². The molecule has 7 nitrogen and oxygen atoms in total. The van der Waals surface area contributed by atoms with Crippen molar-refractivity contribution in [2.45, 2.75) is 33.6 Å². The Morgan fingerprint density at radius 1 is 1.29 bits per heavy atom.